The molecule has 0 aliphatic heterocycles. The molecule has 1 heterocycles. The Kier molecular flexibility index (Phi) is 1.52. The van der Waals surface area contributed by atoms with E-state index in [2.05, 4.69) is 12.1 Å². The number of fused-ring (bicyclic) bond motifs is 3. The molecule has 0 radical (unpaired) electrons. The predicted molar refractivity (Wildman–Crippen MR) is 56.9 cm³/mol. The summed E-state index contributed by atoms with van der Waals surface area (Å²) in [6.45, 7) is 0. The van der Waals surface area contributed by atoms with Crippen LogP contribution in [0.2, 0.25) is 0 Å². The SMILES string of the molecule is NC1C=Cc2c(oc3ccccc23)C1. The van der Waals surface area contributed by atoms with Crippen LogP contribution >= 0.6 is 0 Å². The Morgan fingerprint density at radius 1 is 1.29 bits per heavy atom. The van der Waals surface area contributed by atoms with Crippen LogP contribution in [0.15, 0.2) is 34.8 Å². The number of rotatable bonds is 0. The van der Waals surface area contributed by atoms with E-state index in [-0.39, 0.29) is 6.04 Å². The summed E-state index contributed by atoms with van der Waals surface area (Å²) in [7, 11) is 0. The highest BCUT2D eigenvalue weighted by molar-refractivity contribution is 5.89. The number of benzene rings is 1. The molecule has 1 atom stereocenters. The summed E-state index contributed by atoms with van der Waals surface area (Å²) < 4.78 is 5.73. The average molecular weight is 185 g/mol. The third kappa shape index (κ3) is 1.01. The molecule has 14 heavy (non-hydrogen) atoms. The minimum atomic E-state index is 0.100. The molecule has 1 aliphatic rings. The van der Waals surface area contributed by atoms with Crippen molar-refractivity contribution in [2.24, 2.45) is 5.73 Å². The summed E-state index contributed by atoms with van der Waals surface area (Å²) in [5.74, 6) is 1.02. The maximum Gasteiger partial charge on any atom is 0.134 e. The van der Waals surface area contributed by atoms with Gasteiger partial charge < -0.3 is 10.2 Å². The van der Waals surface area contributed by atoms with Gasteiger partial charge in [-0.25, -0.2) is 0 Å². The van der Waals surface area contributed by atoms with Crippen molar-refractivity contribution in [2.45, 2.75) is 12.5 Å². The van der Waals surface area contributed by atoms with Gasteiger partial charge in [0.1, 0.15) is 11.3 Å². The largest absolute Gasteiger partial charge is 0.460 e. The lowest BCUT2D eigenvalue weighted by atomic mass is 10.00. The van der Waals surface area contributed by atoms with Crippen LogP contribution in [0.5, 0.6) is 0 Å². The number of furan rings is 1. The maximum atomic E-state index is 5.82. The highest BCUT2D eigenvalue weighted by Gasteiger charge is 2.17. The summed E-state index contributed by atoms with van der Waals surface area (Å²) >= 11 is 0. The third-order valence-electron chi connectivity index (χ3n) is 2.64. The Balaban J connectivity index is 2.32. The van der Waals surface area contributed by atoms with E-state index in [0.717, 1.165) is 17.8 Å². The molecular weight excluding hydrogens is 174 g/mol. The van der Waals surface area contributed by atoms with E-state index in [0.29, 0.717) is 0 Å². The second-order valence-electron chi connectivity index (χ2n) is 3.66. The Morgan fingerprint density at radius 2 is 2.14 bits per heavy atom. The van der Waals surface area contributed by atoms with Crippen LogP contribution in [0.1, 0.15) is 11.3 Å². The lowest BCUT2D eigenvalue weighted by Gasteiger charge is -2.09. The van der Waals surface area contributed by atoms with Gasteiger partial charge in [-0.2, -0.15) is 0 Å². The van der Waals surface area contributed by atoms with E-state index in [1.54, 1.807) is 0 Å². The van der Waals surface area contributed by atoms with Crippen molar-refractivity contribution >= 4 is 17.0 Å². The number of hydrogen-bond acceptors (Lipinski definition) is 2. The van der Waals surface area contributed by atoms with Gasteiger partial charge in [0.25, 0.3) is 0 Å². The summed E-state index contributed by atoms with van der Waals surface area (Å²) in [6, 6.07) is 8.19. The maximum absolute atomic E-state index is 5.82. The Labute approximate surface area is 82.0 Å². The van der Waals surface area contributed by atoms with Gasteiger partial charge in [-0.05, 0) is 6.07 Å². The molecule has 0 amide bonds. The normalized spacial score (nSPS) is 19.9. The molecule has 1 unspecified atom stereocenters. The van der Waals surface area contributed by atoms with Crippen LogP contribution in [0.3, 0.4) is 0 Å². The van der Waals surface area contributed by atoms with Gasteiger partial charge in [-0.15, -0.1) is 0 Å². The lowest BCUT2D eigenvalue weighted by molar-refractivity contribution is 0.531. The Morgan fingerprint density at radius 3 is 3.07 bits per heavy atom. The molecule has 3 rings (SSSR count). The van der Waals surface area contributed by atoms with Crippen molar-refractivity contribution in [3.63, 3.8) is 0 Å². The van der Waals surface area contributed by atoms with Gasteiger partial charge in [0.2, 0.25) is 0 Å². The van der Waals surface area contributed by atoms with E-state index in [4.69, 9.17) is 10.2 Å². The highest BCUT2D eigenvalue weighted by atomic mass is 16.3. The first kappa shape index (κ1) is 7.83. The zero-order valence-electron chi connectivity index (χ0n) is 7.73. The fourth-order valence-corrected chi connectivity index (χ4v) is 1.95. The Hall–Kier alpha value is -1.54. The van der Waals surface area contributed by atoms with Crippen LogP contribution in [0, 0.1) is 0 Å². The van der Waals surface area contributed by atoms with Crippen molar-refractivity contribution in [1.82, 2.24) is 0 Å². The fraction of sp³-hybridized carbons (Fsp3) is 0.167. The van der Waals surface area contributed by atoms with Crippen LogP contribution in [0.4, 0.5) is 0 Å². The summed E-state index contributed by atoms with van der Waals surface area (Å²) in [6.07, 6.45) is 4.90. The molecule has 2 aromatic rings. The van der Waals surface area contributed by atoms with Crippen LogP contribution in [-0.2, 0) is 6.42 Å². The van der Waals surface area contributed by atoms with Crippen molar-refractivity contribution in [3.8, 4) is 0 Å². The molecule has 0 bridgehead atoms. The fourth-order valence-electron chi connectivity index (χ4n) is 1.95. The van der Waals surface area contributed by atoms with Gasteiger partial charge in [-0.3, -0.25) is 0 Å². The molecule has 1 aromatic heterocycles. The van der Waals surface area contributed by atoms with E-state index >= 15 is 0 Å². The summed E-state index contributed by atoms with van der Waals surface area (Å²) in [5, 5.41) is 1.19. The van der Waals surface area contributed by atoms with Crippen molar-refractivity contribution in [3.05, 3.63) is 41.7 Å². The topological polar surface area (TPSA) is 39.2 Å². The smallest absolute Gasteiger partial charge is 0.134 e. The zero-order valence-corrected chi connectivity index (χ0v) is 7.73. The predicted octanol–water partition coefficient (Wildman–Crippen LogP) is 2.33. The van der Waals surface area contributed by atoms with Crippen molar-refractivity contribution in [2.75, 3.05) is 0 Å². The first-order valence-electron chi connectivity index (χ1n) is 4.79. The standard InChI is InChI=1S/C12H11NO/c13-8-5-6-10-9-3-1-2-4-11(9)14-12(10)7-8/h1-6,8H,7,13H2. The zero-order chi connectivity index (χ0) is 9.54. The van der Waals surface area contributed by atoms with Gasteiger partial charge in [0.15, 0.2) is 0 Å². The number of hydrogen-bond donors (Lipinski definition) is 1. The third-order valence-corrected chi connectivity index (χ3v) is 2.64. The monoisotopic (exact) mass is 185 g/mol. The van der Waals surface area contributed by atoms with Gasteiger partial charge in [-0.1, -0.05) is 30.4 Å². The second kappa shape index (κ2) is 2.72. The van der Waals surface area contributed by atoms with Crippen LogP contribution in [0.25, 0.3) is 17.0 Å². The molecule has 0 saturated heterocycles. The minimum Gasteiger partial charge on any atom is -0.460 e. The molecule has 2 N–H and O–H groups in total. The molecule has 0 saturated carbocycles. The molecule has 70 valence electrons. The van der Waals surface area contributed by atoms with Crippen LogP contribution < -0.4 is 5.73 Å². The van der Waals surface area contributed by atoms with Gasteiger partial charge in [0.05, 0.1) is 0 Å². The van der Waals surface area contributed by atoms with Gasteiger partial charge >= 0.3 is 0 Å². The Bertz CT molecular complexity index is 510. The van der Waals surface area contributed by atoms with E-state index < -0.39 is 0 Å². The summed E-state index contributed by atoms with van der Waals surface area (Å²) in [5.41, 5.74) is 7.98. The summed E-state index contributed by atoms with van der Waals surface area (Å²) in [4.78, 5) is 0. The molecule has 0 spiro atoms. The molecular formula is C12H11NO. The number of para-hydroxylation sites is 1. The molecule has 2 heteroatoms. The van der Waals surface area contributed by atoms with Gasteiger partial charge in [0, 0.05) is 23.4 Å². The number of nitrogens with two attached hydrogens (primary N) is 1. The average Bonchev–Trinajstić information content (AvgIpc) is 2.54. The molecule has 0 fully saturated rings. The molecule has 1 aromatic carbocycles. The first-order valence-corrected chi connectivity index (χ1v) is 4.79. The van der Waals surface area contributed by atoms with Crippen molar-refractivity contribution in [1.29, 1.82) is 0 Å². The van der Waals surface area contributed by atoms with Crippen molar-refractivity contribution < 1.29 is 4.42 Å². The first-order chi connectivity index (χ1) is 6.84. The van der Waals surface area contributed by atoms with E-state index in [9.17, 15) is 0 Å². The highest BCUT2D eigenvalue weighted by Crippen LogP contribution is 2.30. The second-order valence-corrected chi connectivity index (χ2v) is 3.66. The minimum absolute atomic E-state index is 0.100. The molecule has 2 nitrogen and oxygen atoms in total. The quantitative estimate of drug-likeness (QED) is 0.684. The van der Waals surface area contributed by atoms with E-state index in [1.807, 2.05) is 24.3 Å². The molecule has 1 aliphatic carbocycles. The lowest BCUT2D eigenvalue weighted by Crippen LogP contribution is -2.21. The van der Waals surface area contributed by atoms with E-state index in [1.165, 1.54) is 10.9 Å². The van der Waals surface area contributed by atoms with Crippen LogP contribution in [-0.4, -0.2) is 6.04 Å².